The van der Waals surface area contributed by atoms with Crippen LogP contribution >= 0.6 is 11.3 Å². The standard InChI is InChI=1S/C26H25F2N7O5S/c27-17-6-7-20(28)32-23(17)24-18(12-35(33-24)16-4-2-1-3-5-16)30-25(39)19-13-41-26(31-19)15-10-29-34(11-15)14-40-22(38)9-8-21(36)37/h6-7,10-13,16H,1-5,8-9,14H2,(H,30,39)(H,36,37). The molecule has 5 rings (SSSR count). The first-order valence-electron chi connectivity index (χ1n) is 12.9. The van der Waals surface area contributed by atoms with E-state index in [4.69, 9.17) is 9.84 Å². The van der Waals surface area contributed by atoms with Gasteiger partial charge in [-0.15, -0.1) is 11.3 Å². The van der Waals surface area contributed by atoms with Crippen molar-refractivity contribution in [2.75, 3.05) is 5.32 Å². The van der Waals surface area contributed by atoms with Gasteiger partial charge in [0, 0.05) is 23.3 Å². The topological polar surface area (TPSA) is 154 Å². The first kappa shape index (κ1) is 28.0. The summed E-state index contributed by atoms with van der Waals surface area (Å²) in [4.78, 5) is 43.4. The zero-order valence-electron chi connectivity index (χ0n) is 21.6. The van der Waals surface area contributed by atoms with Gasteiger partial charge >= 0.3 is 11.9 Å². The number of hydrogen-bond acceptors (Lipinski definition) is 9. The lowest BCUT2D eigenvalue weighted by Gasteiger charge is -2.21. The SMILES string of the molecule is O=C(O)CCC(=O)OCn1cc(-c2nc(C(=O)Nc3cn(C4CCCCC4)nc3-c3nc(F)ccc3F)cs2)cn1. The Hall–Kier alpha value is -4.53. The van der Waals surface area contributed by atoms with Gasteiger partial charge in [-0.05, 0) is 25.0 Å². The number of pyridine rings is 1. The summed E-state index contributed by atoms with van der Waals surface area (Å²) in [6.07, 6.45) is 9.03. The largest absolute Gasteiger partial charge is 0.481 e. The molecule has 15 heteroatoms. The fourth-order valence-corrected chi connectivity index (χ4v) is 5.21. The molecule has 0 unspecified atom stereocenters. The monoisotopic (exact) mass is 585 g/mol. The molecule has 1 saturated carbocycles. The van der Waals surface area contributed by atoms with Crippen LogP contribution in [0.15, 0.2) is 36.1 Å². The van der Waals surface area contributed by atoms with Gasteiger partial charge in [0.15, 0.2) is 12.5 Å². The van der Waals surface area contributed by atoms with Crippen molar-refractivity contribution in [1.29, 1.82) is 0 Å². The van der Waals surface area contributed by atoms with Crippen molar-refractivity contribution in [3.05, 3.63) is 53.6 Å². The van der Waals surface area contributed by atoms with Crippen molar-refractivity contribution in [2.45, 2.75) is 57.7 Å². The summed E-state index contributed by atoms with van der Waals surface area (Å²) in [6, 6.07) is 1.95. The number of nitrogens with zero attached hydrogens (tertiary/aromatic N) is 6. The molecular formula is C26H25F2N7O5S. The molecule has 0 aliphatic heterocycles. The average molecular weight is 586 g/mol. The summed E-state index contributed by atoms with van der Waals surface area (Å²) in [5, 5.41) is 22.0. The van der Waals surface area contributed by atoms with Crippen molar-refractivity contribution < 1.29 is 33.0 Å². The number of anilines is 1. The lowest BCUT2D eigenvalue weighted by molar-refractivity contribution is -0.151. The molecule has 12 nitrogen and oxygen atoms in total. The maximum absolute atomic E-state index is 14.6. The highest BCUT2D eigenvalue weighted by Gasteiger charge is 2.24. The summed E-state index contributed by atoms with van der Waals surface area (Å²) >= 11 is 1.18. The predicted molar refractivity (Wildman–Crippen MR) is 142 cm³/mol. The van der Waals surface area contributed by atoms with Gasteiger partial charge in [-0.3, -0.25) is 19.1 Å². The van der Waals surface area contributed by atoms with Gasteiger partial charge in [0.2, 0.25) is 5.95 Å². The second-order valence-electron chi connectivity index (χ2n) is 9.43. The molecule has 0 bridgehead atoms. The van der Waals surface area contributed by atoms with Gasteiger partial charge in [-0.1, -0.05) is 19.3 Å². The Bertz CT molecular complexity index is 1580. The number of carboxylic acids is 1. The number of halogens is 2. The first-order chi connectivity index (χ1) is 19.8. The number of thiazole rings is 1. The van der Waals surface area contributed by atoms with Crippen molar-refractivity contribution in [1.82, 2.24) is 29.5 Å². The number of hydrogen-bond donors (Lipinski definition) is 2. The second-order valence-corrected chi connectivity index (χ2v) is 10.3. The third-order valence-corrected chi connectivity index (χ3v) is 7.37. The van der Waals surface area contributed by atoms with E-state index in [1.54, 1.807) is 22.5 Å². The van der Waals surface area contributed by atoms with Crippen molar-refractivity contribution >= 4 is 34.9 Å². The van der Waals surface area contributed by atoms with Crippen molar-refractivity contribution in [2.24, 2.45) is 0 Å². The van der Waals surface area contributed by atoms with Gasteiger partial charge in [-0.2, -0.15) is 14.6 Å². The highest BCUT2D eigenvalue weighted by molar-refractivity contribution is 7.13. The number of aromatic nitrogens is 6. The molecule has 0 spiro atoms. The van der Waals surface area contributed by atoms with Gasteiger partial charge in [0.05, 0.1) is 30.8 Å². The molecule has 0 radical (unpaired) electrons. The molecule has 4 aromatic heterocycles. The molecule has 2 N–H and O–H groups in total. The molecule has 214 valence electrons. The fraction of sp³-hybridized carbons (Fsp3) is 0.346. The van der Waals surface area contributed by atoms with Gasteiger partial charge in [0.1, 0.15) is 22.1 Å². The fourth-order valence-electron chi connectivity index (χ4n) is 4.44. The quantitative estimate of drug-likeness (QED) is 0.200. The van der Waals surface area contributed by atoms with Crippen LogP contribution in [0.25, 0.3) is 22.0 Å². The van der Waals surface area contributed by atoms with E-state index in [1.165, 1.54) is 22.2 Å². The molecule has 0 saturated heterocycles. The Labute approximate surface area is 236 Å². The Morgan fingerprint density at radius 3 is 2.66 bits per heavy atom. The van der Waals surface area contributed by atoms with E-state index in [9.17, 15) is 23.2 Å². The molecule has 1 aliphatic carbocycles. The van der Waals surface area contributed by atoms with Crippen LogP contribution in [-0.2, 0) is 21.1 Å². The minimum atomic E-state index is -1.10. The molecule has 0 atom stereocenters. The van der Waals surface area contributed by atoms with Crippen LogP contribution in [0.4, 0.5) is 14.5 Å². The Morgan fingerprint density at radius 2 is 1.88 bits per heavy atom. The Morgan fingerprint density at radius 1 is 1.07 bits per heavy atom. The van der Waals surface area contributed by atoms with Crippen molar-refractivity contribution in [3.63, 3.8) is 0 Å². The van der Waals surface area contributed by atoms with Crippen LogP contribution in [0.2, 0.25) is 0 Å². The number of carbonyl (C=O) groups excluding carboxylic acids is 2. The molecule has 4 aromatic rings. The van der Waals surface area contributed by atoms with Gasteiger partial charge < -0.3 is 15.2 Å². The number of rotatable bonds is 10. The lowest BCUT2D eigenvalue weighted by atomic mass is 9.96. The third-order valence-electron chi connectivity index (χ3n) is 6.48. The number of carbonyl (C=O) groups is 3. The molecule has 4 heterocycles. The third kappa shape index (κ3) is 6.80. The normalized spacial score (nSPS) is 13.7. The Kier molecular flexibility index (Phi) is 8.42. The predicted octanol–water partition coefficient (Wildman–Crippen LogP) is 4.67. The summed E-state index contributed by atoms with van der Waals surface area (Å²) in [5.74, 6) is -3.98. The zero-order valence-corrected chi connectivity index (χ0v) is 22.4. The van der Waals surface area contributed by atoms with Crippen LogP contribution in [0.3, 0.4) is 0 Å². The molecule has 0 aromatic carbocycles. The maximum Gasteiger partial charge on any atom is 0.308 e. The van der Waals surface area contributed by atoms with Crippen LogP contribution in [-0.4, -0.2) is 52.5 Å². The zero-order chi connectivity index (χ0) is 28.9. The highest BCUT2D eigenvalue weighted by Crippen LogP contribution is 2.34. The van der Waals surface area contributed by atoms with E-state index in [2.05, 4.69) is 25.5 Å². The minimum Gasteiger partial charge on any atom is -0.481 e. The number of carboxylic acid groups (broad SMARTS) is 1. The van der Waals surface area contributed by atoms with Gasteiger partial charge in [-0.25, -0.2) is 19.0 Å². The van der Waals surface area contributed by atoms with Crippen LogP contribution in [0, 0.1) is 11.8 Å². The van der Waals surface area contributed by atoms with E-state index in [-0.39, 0.29) is 48.4 Å². The number of esters is 1. The van der Waals surface area contributed by atoms with E-state index in [0.717, 1.165) is 44.2 Å². The minimum absolute atomic E-state index is 0.0237. The number of ether oxygens (including phenoxy) is 1. The number of nitrogens with one attached hydrogen (secondary N) is 1. The molecule has 1 fully saturated rings. The van der Waals surface area contributed by atoms with E-state index in [0.29, 0.717) is 10.6 Å². The van der Waals surface area contributed by atoms with Crippen LogP contribution in [0.5, 0.6) is 0 Å². The molecule has 1 amide bonds. The molecule has 1 aliphatic rings. The summed E-state index contributed by atoms with van der Waals surface area (Å²) in [6.45, 7) is -0.213. The summed E-state index contributed by atoms with van der Waals surface area (Å²) in [7, 11) is 0. The van der Waals surface area contributed by atoms with E-state index < -0.39 is 29.6 Å². The molecule has 41 heavy (non-hydrogen) atoms. The maximum atomic E-state index is 14.6. The van der Waals surface area contributed by atoms with Gasteiger partial charge in [0.25, 0.3) is 5.91 Å². The number of aliphatic carboxylic acids is 1. The lowest BCUT2D eigenvalue weighted by Crippen LogP contribution is -2.14. The smallest absolute Gasteiger partial charge is 0.308 e. The summed E-state index contributed by atoms with van der Waals surface area (Å²) < 4.78 is 36.6. The van der Waals surface area contributed by atoms with Crippen LogP contribution < -0.4 is 5.32 Å². The van der Waals surface area contributed by atoms with Crippen LogP contribution in [0.1, 0.15) is 61.5 Å². The van der Waals surface area contributed by atoms with E-state index >= 15 is 0 Å². The Balaban J connectivity index is 1.31. The molecular weight excluding hydrogens is 560 g/mol. The van der Waals surface area contributed by atoms with Crippen molar-refractivity contribution in [3.8, 4) is 22.0 Å². The average Bonchev–Trinajstić information content (AvgIpc) is 3.72. The second kappa shape index (κ2) is 12.3. The van der Waals surface area contributed by atoms with E-state index in [1.807, 2.05) is 0 Å². The summed E-state index contributed by atoms with van der Waals surface area (Å²) in [5.41, 5.74) is 0.555. The highest BCUT2D eigenvalue weighted by atomic mass is 32.1. The first-order valence-corrected chi connectivity index (χ1v) is 13.7. The number of amides is 1.